The summed E-state index contributed by atoms with van der Waals surface area (Å²) in [4.78, 5) is 0. The van der Waals surface area contributed by atoms with Crippen LogP contribution in [0.1, 0.15) is 11.1 Å². The smallest absolute Gasteiger partial charge is 0.118 e. The molecule has 0 aliphatic heterocycles. The number of rotatable bonds is 5. The van der Waals surface area contributed by atoms with E-state index in [0.29, 0.717) is 13.2 Å². The normalized spacial score (nSPS) is 10.3. The van der Waals surface area contributed by atoms with Crippen LogP contribution >= 0.6 is 15.9 Å². The summed E-state index contributed by atoms with van der Waals surface area (Å²) in [7, 11) is 1.67. The first-order chi connectivity index (χ1) is 8.78. The fourth-order valence-electron chi connectivity index (χ4n) is 1.64. The molecule has 0 radical (unpaired) electrons. The Hall–Kier alpha value is -1.32. The summed E-state index contributed by atoms with van der Waals surface area (Å²) in [5, 5.41) is 0. The molecular weight excluding hydrogens is 292 g/mol. The fourth-order valence-corrected chi connectivity index (χ4v) is 2.08. The number of benzene rings is 2. The van der Waals surface area contributed by atoms with Crippen LogP contribution in [-0.2, 0) is 18.0 Å². The van der Waals surface area contributed by atoms with Crippen molar-refractivity contribution in [2.45, 2.75) is 13.2 Å². The van der Waals surface area contributed by atoms with Crippen molar-refractivity contribution in [2.75, 3.05) is 7.11 Å². The molecule has 0 aliphatic carbocycles. The molecule has 0 unspecified atom stereocenters. The molecule has 2 aromatic rings. The highest BCUT2D eigenvalue weighted by Gasteiger charge is 1.97. The lowest BCUT2D eigenvalue weighted by Crippen LogP contribution is -1.94. The van der Waals surface area contributed by atoms with Crippen molar-refractivity contribution < 1.29 is 9.47 Å². The minimum atomic E-state index is 0.608. The Morgan fingerprint density at radius 2 is 1.67 bits per heavy atom. The third-order valence-electron chi connectivity index (χ3n) is 2.59. The summed E-state index contributed by atoms with van der Waals surface area (Å²) < 4.78 is 11.9. The Balaban J connectivity index is 1.84. The zero-order valence-corrected chi connectivity index (χ0v) is 11.8. The van der Waals surface area contributed by atoms with Gasteiger partial charge >= 0.3 is 0 Å². The second kappa shape index (κ2) is 6.57. The lowest BCUT2D eigenvalue weighted by molar-refractivity contribution is 0.107. The van der Waals surface area contributed by atoms with E-state index in [9.17, 15) is 0 Å². The van der Waals surface area contributed by atoms with Crippen LogP contribution in [-0.4, -0.2) is 7.11 Å². The third-order valence-corrected chi connectivity index (χ3v) is 3.08. The topological polar surface area (TPSA) is 18.5 Å². The van der Waals surface area contributed by atoms with E-state index in [1.54, 1.807) is 7.11 Å². The van der Waals surface area contributed by atoms with Crippen LogP contribution in [0.15, 0.2) is 53.0 Å². The van der Waals surface area contributed by atoms with E-state index in [-0.39, 0.29) is 0 Å². The van der Waals surface area contributed by atoms with E-state index in [4.69, 9.17) is 9.47 Å². The van der Waals surface area contributed by atoms with Gasteiger partial charge in [-0.1, -0.05) is 40.2 Å². The monoisotopic (exact) mass is 306 g/mol. The van der Waals surface area contributed by atoms with Gasteiger partial charge in [0.25, 0.3) is 0 Å². The van der Waals surface area contributed by atoms with Crippen molar-refractivity contribution in [1.82, 2.24) is 0 Å². The standard InChI is InChI=1S/C15H15BrO2/c1-17-15-7-5-12(6-8-15)10-18-11-13-3-2-4-14(16)9-13/h2-9H,10-11H2,1H3. The first-order valence-electron chi connectivity index (χ1n) is 5.73. The second-order valence-corrected chi connectivity index (χ2v) is 4.89. The predicted octanol–water partition coefficient (Wildman–Crippen LogP) is 4.17. The van der Waals surface area contributed by atoms with Gasteiger partial charge in [0.15, 0.2) is 0 Å². The molecule has 0 spiro atoms. The van der Waals surface area contributed by atoms with Gasteiger partial charge in [-0.2, -0.15) is 0 Å². The van der Waals surface area contributed by atoms with Crippen LogP contribution in [0.3, 0.4) is 0 Å². The van der Waals surface area contributed by atoms with E-state index in [1.807, 2.05) is 36.4 Å². The van der Waals surface area contributed by atoms with Crippen molar-refractivity contribution >= 4 is 15.9 Å². The zero-order valence-electron chi connectivity index (χ0n) is 10.2. The average molecular weight is 307 g/mol. The lowest BCUT2D eigenvalue weighted by atomic mass is 10.2. The van der Waals surface area contributed by atoms with Crippen molar-refractivity contribution in [3.63, 3.8) is 0 Å². The Bertz CT molecular complexity index is 494. The molecule has 0 aromatic heterocycles. The summed E-state index contributed by atoms with van der Waals surface area (Å²) in [5.74, 6) is 0.866. The minimum absolute atomic E-state index is 0.608. The summed E-state index contributed by atoms with van der Waals surface area (Å²) in [6, 6.07) is 16.0. The maximum absolute atomic E-state index is 5.67. The zero-order chi connectivity index (χ0) is 12.8. The first kappa shape index (κ1) is 13.1. The molecule has 18 heavy (non-hydrogen) atoms. The van der Waals surface area contributed by atoms with Crippen molar-refractivity contribution in [2.24, 2.45) is 0 Å². The highest BCUT2D eigenvalue weighted by Crippen LogP contribution is 2.14. The van der Waals surface area contributed by atoms with E-state index in [1.165, 1.54) is 0 Å². The maximum Gasteiger partial charge on any atom is 0.118 e. The molecule has 0 aliphatic rings. The Kier molecular flexibility index (Phi) is 4.79. The quantitative estimate of drug-likeness (QED) is 0.825. The van der Waals surface area contributed by atoms with Gasteiger partial charge in [-0.15, -0.1) is 0 Å². The summed E-state index contributed by atoms with van der Waals surface area (Å²) in [5.41, 5.74) is 2.31. The van der Waals surface area contributed by atoms with Gasteiger partial charge in [-0.25, -0.2) is 0 Å². The van der Waals surface area contributed by atoms with Gasteiger partial charge < -0.3 is 9.47 Å². The highest BCUT2D eigenvalue weighted by molar-refractivity contribution is 9.10. The Morgan fingerprint density at radius 1 is 0.944 bits per heavy atom. The van der Waals surface area contributed by atoms with Crippen LogP contribution in [0.25, 0.3) is 0 Å². The molecule has 0 heterocycles. The average Bonchev–Trinajstić information content (AvgIpc) is 2.40. The number of halogens is 1. The molecule has 0 saturated heterocycles. The van der Waals surface area contributed by atoms with Crippen molar-refractivity contribution in [1.29, 1.82) is 0 Å². The van der Waals surface area contributed by atoms with Crippen LogP contribution in [0.5, 0.6) is 5.75 Å². The molecule has 94 valence electrons. The second-order valence-electron chi connectivity index (χ2n) is 3.97. The number of ether oxygens (including phenoxy) is 2. The van der Waals surface area contributed by atoms with E-state index in [0.717, 1.165) is 21.3 Å². The van der Waals surface area contributed by atoms with Gasteiger partial charge in [-0.3, -0.25) is 0 Å². The van der Waals surface area contributed by atoms with Crippen LogP contribution in [0.2, 0.25) is 0 Å². The van der Waals surface area contributed by atoms with Gasteiger partial charge in [-0.05, 0) is 35.4 Å². The Morgan fingerprint density at radius 3 is 2.33 bits per heavy atom. The van der Waals surface area contributed by atoms with Crippen LogP contribution < -0.4 is 4.74 Å². The Labute approximate surface area is 116 Å². The van der Waals surface area contributed by atoms with Crippen molar-refractivity contribution in [3.8, 4) is 5.75 Å². The molecule has 0 atom stereocenters. The number of methoxy groups -OCH3 is 1. The fraction of sp³-hybridized carbons (Fsp3) is 0.200. The predicted molar refractivity (Wildman–Crippen MR) is 75.6 cm³/mol. The van der Waals surface area contributed by atoms with Gasteiger partial charge in [0.2, 0.25) is 0 Å². The van der Waals surface area contributed by atoms with Crippen LogP contribution in [0.4, 0.5) is 0 Å². The van der Waals surface area contributed by atoms with E-state index < -0.39 is 0 Å². The van der Waals surface area contributed by atoms with Gasteiger partial charge in [0.05, 0.1) is 20.3 Å². The van der Waals surface area contributed by atoms with E-state index >= 15 is 0 Å². The first-order valence-corrected chi connectivity index (χ1v) is 6.52. The summed E-state index contributed by atoms with van der Waals surface area (Å²) >= 11 is 3.45. The highest BCUT2D eigenvalue weighted by atomic mass is 79.9. The lowest BCUT2D eigenvalue weighted by Gasteiger charge is -2.06. The molecule has 0 fully saturated rings. The molecule has 0 amide bonds. The summed E-state index contributed by atoms with van der Waals surface area (Å²) in [6.45, 7) is 1.22. The van der Waals surface area contributed by atoms with Gasteiger partial charge in [0.1, 0.15) is 5.75 Å². The van der Waals surface area contributed by atoms with Crippen molar-refractivity contribution in [3.05, 3.63) is 64.1 Å². The molecule has 0 saturated carbocycles. The largest absolute Gasteiger partial charge is 0.497 e. The molecule has 2 rings (SSSR count). The molecule has 3 heteroatoms. The van der Waals surface area contributed by atoms with Gasteiger partial charge in [0, 0.05) is 4.47 Å². The molecule has 2 aromatic carbocycles. The minimum Gasteiger partial charge on any atom is -0.497 e. The SMILES string of the molecule is COc1ccc(COCc2cccc(Br)c2)cc1. The number of hydrogen-bond acceptors (Lipinski definition) is 2. The third kappa shape index (κ3) is 3.86. The number of hydrogen-bond donors (Lipinski definition) is 0. The summed E-state index contributed by atoms with van der Waals surface area (Å²) in [6.07, 6.45) is 0. The molecule has 0 N–H and O–H groups in total. The van der Waals surface area contributed by atoms with E-state index in [2.05, 4.69) is 28.1 Å². The maximum atomic E-state index is 5.67. The molecule has 0 bridgehead atoms. The van der Waals surface area contributed by atoms with Crippen LogP contribution in [0, 0.1) is 0 Å². The molecular formula is C15H15BrO2. The molecule has 2 nitrogen and oxygen atoms in total.